The van der Waals surface area contributed by atoms with Crippen LogP contribution < -0.4 is 4.74 Å². The molecule has 0 atom stereocenters. The fourth-order valence-electron chi connectivity index (χ4n) is 5.81. The van der Waals surface area contributed by atoms with Crippen molar-refractivity contribution in [3.05, 3.63) is 120 Å². The van der Waals surface area contributed by atoms with Gasteiger partial charge >= 0.3 is 5.97 Å². The molecule has 5 aromatic rings. The first kappa shape index (κ1) is 28.7. The number of benzene rings is 4. The fraction of sp³-hybridized carbons (Fsp3) is 0.270. The summed E-state index contributed by atoms with van der Waals surface area (Å²) < 4.78 is 34.2. The lowest BCUT2D eigenvalue weighted by Crippen LogP contribution is -2.23. The molecular weight excluding hydrogens is 541 g/mol. The molecule has 1 saturated heterocycles. The van der Waals surface area contributed by atoms with Gasteiger partial charge in [0.1, 0.15) is 23.8 Å². The lowest BCUT2D eigenvalue weighted by atomic mass is 9.90. The molecule has 0 bridgehead atoms. The van der Waals surface area contributed by atoms with Gasteiger partial charge in [-0.05, 0) is 87.2 Å². The quantitative estimate of drug-likeness (QED) is 0.181. The molecule has 220 valence electrons. The molecule has 0 aliphatic carbocycles. The summed E-state index contributed by atoms with van der Waals surface area (Å²) in [7, 11) is 0. The van der Waals surface area contributed by atoms with Gasteiger partial charge in [0.25, 0.3) is 0 Å². The Morgan fingerprint density at radius 2 is 1.58 bits per heavy atom. The molecule has 0 spiro atoms. The average molecular weight is 578 g/mol. The topological polar surface area (TPSA) is 49.7 Å². The first-order chi connectivity index (χ1) is 20.8. The van der Waals surface area contributed by atoms with E-state index in [1.54, 1.807) is 0 Å². The van der Waals surface area contributed by atoms with Gasteiger partial charge in [-0.1, -0.05) is 54.6 Å². The number of aromatic nitrogens is 1. The van der Waals surface area contributed by atoms with Gasteiger partial charge in [-0.3, -0.25) is 0 Å². The molecule has 0 N–H and O–H groups in total. The first-order valence-electron chi connectivity index (χ1n) is 14.8. The molecular formula is C37H36FNO4. The Kier molecular flexibility index (Phi) is 8.04. The Hall–Kier alpha value is -4.42. The van der Waals surface area contributed by atoms with Gasteiger partial charge in [0.2, 0.25) is 0 Å². The maximum absolute atomic E-state index is 14.1. The van der Waals surface area contributed by atoms with E-state index in [0.717, 1.165) is 57.6 Å². The zero-order chi connectivity index (χ0) is 30.0. The SMILES string of the molecule is CC(C)(C)OC(=O)c1ccc(-n2c(C3CCOCC3)c(-c3ccc(F)cc3)c3cccc(OCc4ccccc4)c32)cc1. The van der Waals surface area contributed by atoms with Gasteiger partial charge in [0, 0.05) is 41.5 Å². The number of nitrogens with zero attached hydrogens (tertiary/aromatic N) is 1. The minimum absolute atomic E-state index is 0.203. The van der Waals surface area contributed by atoms with Crippen molar-refractivity contribution in [1.29, 1.82) is 0 Å². The maximum Gasteiger partial charge on any atom is 0.338 e. The molecule has 1 aromatic heterocycles. The van der Waals surface area contributed by atoms with E-state index in [9.17, 15) is 9.18 Å². The van der Waals surface area contributed by atoms with Crippen LogP contribution in [-0.2, 0) is 16.1 Å². The van der Waals surface area contributed by atoms with Crippen molar-refractivity contribution in [2.45, 2.75) is 51.7 Å². The number of carbonyl (C=O) groups excluding carboxylic acids is 1. The molecule has 0 amide bonds. The summed E-state index contributed by atoms with van der Waals surface area (Å²) in [5, 5.41) is 1.02. The normalized spacial score (nSPS) is 14.1. The van der Waals surface area contributed by atoms with E-state index in [2.05, 4.69) is 10.6 Å². The minimum atomic E-state index is -0.586. The van der Waals surface area contributed by atoms with Crippen LogP contribution in [0.2, 0.25) is 0 Å². The summed E-state index contributed by atoms with van der Waals surface area (Å²) in [4.78, 5) is 12.8. The average Bonchev–Trinajstić information content (AvgIpc) is 3.36. The van der Waals surface area contributed by atoms with Gasteiger partial charge in [-0.25, -0.2) is 9.18 Å². The Bertz CT molecular complexity index is 1710. The number of ether oxygens (including phenoxy) is 3. The van der Waals surface area contributed by atoms with Crippen LogP contribution in [0, 0.1) is 5.82 Å². The second-order valence-corrected chi connectivity index (χ2v) is 12.0. The third-order valence-corrected chi connectivity index (χ3v) is 7.73. The van der Waals surface area contributed by atoms with Crippen molar-refractivity contribution in [3.63, 3.8) is 0 Å². The summed E-state index contributed by atoms with van der Waals surface area (Å²) >= 11 is 0. The minimum Gasteiger partial charge on any atom is -0.487 e. The van der Waals surface area contributed by atoms with Crippen LogP contribution in [-0.4, -0.2) is 29.4 Å². The molecule has 2 heterocycles. The van der Waals surface area contributed by atoms with Crippen molar-refractivity contribution in [1.82, 2.24) is 4.57 Å². The van der Waals surface area contributed by atoms with Crippen LogP contribution >= 0.6 is 0 Å². The van der Waals surface area contributed by atoms with Crippen LogP contribution in [0.3, 0.4) is 0 Å². The van der Waals surface area contributed by atoms with E-state index in [4.69, 9.17) is 14.2 Å². The second kappa shape index (κ2) is 12.1. The predicted molar refractivity (Wildman–Crippen MR) is 167 cm³/mol. The first-order valence-corrected chi connectivity index (χ1v) is 14.8. The molecule has 6 rings (SSSR count). The van der Waals surface area contributed by atoms with E-state index in [1.807, 2.05) is 99.6 Å². The summed E-state index contributed by atoms with van der Waals surface area (Å²) in [5.74, 6) is 0.317. The number of carbonyl (C=O) groups is 1. The van der Waals surface area contributed by atoms with Gasteiger partial charge in [-0.15, -0.1) is 0 Å². The van der Waals surface area contributed by atoms with Crippen molar-refractivity contribution in [2.24, 2.45) is 0 Å². The monoisotopic (exact) mass is 577 g/mol. The summed E-state index contributed by atoms with van der Waals surface area (Å²) in [6.07, 6.45) is 1.72. The highest BCUT2D eigenvalue weighted by Gasteiger charge is 2.29. The lowest BCUT2D eigenvalue weighted by molar-refractivity contribution is 0.00695. The molecule has 5 nitrogen and oxygen atoms in total. The number of hydrogen-bond acceptors (Lipinski definition) is 4. The zero-order valence-corrected chi connectivity index (χ0v) is 24.8. The third kappa shape index (κ3) is 6.20. The van der Waals surface area contributed by atoms with Gasteiger partial charge in [-0.2, -0.15) is 0 Å². The number of esters is 1. The predicted octanol–water partition coefficient (Wildman–Crippen LogP) is 8.86. The smallest absolute Gasteiger partial charge is 0.338 e. The summed E-state index contributed by atoms with van der Waals surface area (Å²) in [6, 6.07) is 30.5. The van der Waals surface area contributed by atoms with Crippen molar-refractivity contribution in [2.75, 3.05) is 13.2 Å². The third-order valence-electron chi connectivity index (χ3n) is 7.73. The highest BCUT2D eigenvalue weighted by atomic mass is 19.1. The second-order valence-electron chi connectivity index (χ2n) is 12.0. The fourth-order valence-corrected chi connectivity index (χ4v) is 5.81. The Morgan fingerprint density at radius 1 is 0.884 bits per heavy atom. The number of hydrogen-bond donors (Lipinski definition) is 0. The molecule has 1 fully saturated rings. The van der Waals surface area contributed by atoms with E-state index < -0.39 is 5.60 Å². The highest BCUT2D eigenvalue weighted by Crippen LogP contribution is 2.46. The van der Waals surface area contributed by atoms with Crippen molar-refractivity contribution in [3.8, 4) is 22.6 Å². The van der Waals surface area contributed by atoms with E-state index >= 15 is 0 Å². The van der Waals surface area contributed by atoms with Crippen molar-refractivity contribution >= 4 is 16.9 Å². The molecule has 1 aliphatic heterocycles. The molecule has 6 heteroatoms. The van der Waals surface area contributed by atoms with E-state index in [-0.39, 0.29) is 17.7 Å². The van der Waals surface area contributed by atoms with Gasteiger partial charge in [0.05, 0.1) is 11.1 Å². The highest BCUT2D eigenvalue weighted by molar-refractivity contribution is 6.02. The van der Waals surface area contributed by atoms with Crippen LogP contribution in [0.4, 0.5) is 4.39 Å². The van der Waals surface area contributed by atoms with Crippen LogP contribution in [0.1, 0.15) is 61.1 Å². The van der Waals surface area contributed by atoms with E-state index in [1.165, 1.54) is 12.1 Å². The van der Waals surface area contributed by atoms with Gasteiger partial charge < -0.3 is 18.8 Å². The zero-order valence-electron chi connectivity index (χ0n) is 24.8. The molecule has 1 aliphatic rings. The van der Waals surface area contributed by atoms with Gasteiger partial charge in [0.15, 0.2) is 0 Å². The number of fused-ring (bicyclic) bond motifs is 1. The van der Waals surface area contributed by atoms with Crippen molar-refractivity contribution < 1.29 is 23.4 Å². The largest absolute Gasteiger partial charge is 0.487 e. The summed E-state index contributed by atoms with van der Waals surface area (Å²) in [6.45, 7) is 7.34. The standard InChI is InChI=1S/C37H36FNO4/c1-37(2,3)43-36(40)28-14-18-30(19-15-28)39-34(27-20-22-41-23-21-27)33(26-12-16-29(38)17-13-26)31-10-7-11-32(35(31)39)42-24-25-8-5-4-6-9-25/h4-19,27H,20-24H2,1-3H3. The molecule has 0 saturated carbocycles. The maximum atomic E-state index is 14.1. The Balaban J connectivity index is 1.56. The van der Waals surface area contributed by atoms with Crippen LogP contribution in [0.25, 0.3) is 27.7 Å². The molecule has 0 unspecified atom stereocenters. The number of para-hydroxylation sites is 1. The molecule has 0 radical (unpaired) electrons. The summed E-state index contributed by atoms with van der Waals surface area (Å²) in [5.41, 5.74) is 5.95. The number of rotatable bonds is 7. The molecule has 43 heavy (non-hydrogen) atoms. The van der Waals surface area contributed by atoms with Crippen LogP contribution in [0.5, 0.6) is 5.75 Å². The number of halogens is 1. The Morgan fingerprint density at radius 3 is 2.26 bits per heavy atom. The molecule has 4 aromatic carbocycles. The van der Waals surface area contributed by atoms with E-state index in [0.29, 0.717) is 25.4 Å². The Labute approximate surface area is 251 Å². The van der Waals surface area contributed by atoms with Crippen LogP contribution in [0.15, 0.2) is 97.1 Å². The lowest BCUT2D eigenvalue weighted by Gasteiger charge is -2.26.